The van der Waals surface area contributed by atoms with Crippen molar-refractivity contribution in [2.45, 2.75) is 37.9 Å². The molecular weight excluding hydrogens is 288 g/mol. The van der Waals surface area contributed by atoms with E-state index < -0.39 is 0 Å². The third kappa shape index (κ3) is 3.22. The van der Waals surface area contributed by atoms with Crippen LogP contribution in [0.15, 0.2) is 30.3 Å². The van der Waals surface area contributed by atoms with E-state index in [0.29, 0.717) is 10.9 Å². The fourth-order valence-electron chi connectivity index (χ4n) is 2.69. The van der Waals surface area contributed by atoms with Gasteiger partial charge in [-0.2, -0.15) is 5.10 Å². The molecule has 1 aromatic carbocycles. The fraction of sp³-hybridized carbons (Fsp3) is 0.438. The van der Waals surface area contributed by atoms with E-state index in [-0.39, 0.29) is 12.2 Å². The SMILES string of the molecule is Cn1nc(-c2ccc(Cl)cc2)cc1OC1CCCCC1O. The van der Waals surface area contributed by atoms with Crippen LogP contribution >= 0.6 is 11.6 Å². The monoisotopic (exact) mass is 306 g/mol. The van der Waals surface area contributed by atoms with E-state index >= 15 is 0 Å². The minimum atomic E-state index is -0.382. The summed E-state index contributed by atoms with van der Waals surface area (Å²) in [6.07, 6.45) is 3.36. The third-order valence-corrected chi connectivity index (χ3v) is 4.17. The van der Waals surface area contributed by atoms with Crippen molar-refractivity contribution in [2.24, 2.45) is 7.05 Å². The Kier molecular flexibility index (Phi) is 4.17. The first kappa shape index (κ1) is 14.4. The molecule has 4 nitrogen and oxygen atoms in total. The average Bonchev–Trinajstić information content (AvgIpc) is 2.83. The molecule has 0 bridgehead atoms. The van der Waals surface area contributed by atoms with E-state index in [4.69, 9.17) is 16.3 Å². The maximum Gasteiger partial charge on any atom is 0.212 e. The van der Waals surface area contributed by atoms with E-state index in [1.54, 1.807) is 4.68 Å². The van der Waals surface area contributed by atoms with Crippen LogP contribution in [0.1, 0.15) is 25.7 Å². The molecule has 0 amide bonds. The Morgan fingerprint density at radius 2 is 1.95 bits per heavy atom. The lowest BCUT2D eigenvalue weighted by Gasteiger charge is -2.27. The highest BCUT2D eigenvalue weighted by Crippen LogP contribution is 2.27. The minimum Gasteiger partial charge on any atom is -0.472 e. The Morgan fingerprint density at radius 3 is 2.67 bits per heavy atom. The molecule has 5 heteroatoms. The molecule has 3 rings (SSSR count). The lowest BCUT2D eigenvalue weighted by atomic mass is 9.95. The van der Waals surface area contributed by atoms with Gasteiger partial charge in [-0.1, -0.05) is 30.2 Å². The van der Waals surface area contributed by atoms with Crippen LogP contribution in [0.3, 0.4) is 0 Å². The van der Waals surface area contributed by atoms with Crippen LogP contribution in [0.4, 0.5) is 0 Å². The summed E-state index contributed by atoms with van der Waals surface area (Å²) in [4.78, 5) is 0. The van der Waals surface area contributed by atoms with Crippen LogP contribution < -0.4 is 4.74 Å². The molecule has 2 aromatic rings. The molecule has 1 heterocycles. The third-order valence-electron chi connectivity index (χ3n) is 3.92. The average molecular weight is 307 g/mol. The van der Waals surface area contributed by atoms with Gasteiger partial charge in [0.2, 0.25) is 5.88 Å². The number of hydrogen-bond donors (Lipinski definition) is 1. The normalized spacial score (nSPS) is 22.2. The number of aliphatic hydroxyl groups is 1. The minimum absolute atomic E-state index is 0.132. The number of aryl methyl sites for hydroxylation is 1. The Morgan fingerprint density at radius 1 is 1.24 bits per heavy atom. The van der Waals surface area contributed by atoms with Gasteiger partial charge in [0.05, 0.1) is 11.8 Å². The molecule has 1 fully saturated rings. The van der Waals surface area contributed by atoms with Gasteiger partial charge in [0, 0.05) is 23.7 Å². The molecular formula is C16H19ClN2O2. The van der Waals surface area contributed by atoms with Crippen molar-refractivity contribution in [3.05, 3.63) is 35.4 Å². The number of benzene rings is 1. The predicted octanol–water partition coefficient (Wildman–Crippen LogP) is 3.42. The van der Waals surface area contributed by atoms with Crippen molar-refractivity contribution < 1.29 is 9.84 Å². The van der Waals surface area contributed by atoms with Gasteiger partial charge in [0.15, 0.2) is 0 Å². The Labute approximate surface area is 129 Å². The van der Waals surface area contributed by atoms with E-state index in [1.807, 2.05) is 37.4 Å². The van der Waals surface area contributed by atoms with Crippen molar-refractivity contribution in [2.75, 3.05) is 0 Å². The van der Waals surface area contributed by atoms with Crippen molar-refractivity contribution in [1.29, 1.82) is 0 Å². The van der Waals surface area contributed by atoms with Crippen molar-refractivity contribution in [3.8, 4) is 17.1 Å². The highest BCUT2D eigenvalue weighted by molar-refractivity contribution is 6.30. The highest BCUT2D eigenvalue weighted by atomic mass is 35.5. The first-order chi connectivity index (χ1) is 10.1. The first-order valence-electron chi connectivity index (χ1n) is 7.28. The zero-order chi connectivity index (χ0) is 14.8. The number of aliphatic hydroxyl groups excluding tert-OH is 1. The van der Waals surface area contributed by atoms with Gasteiger partial charge in [-0.3, -0.25) is 0 Å². The molecule has 0 spiro atoms. The van der Waals surface area contributed by atoms with Crippen LogP contribution in [0, 0.1) is 0 Å². The Bertz CT molecular complexity index is 609. The largest absolute Gasteiger partial charge is 0.472 e. The number of nitrogens with zero attached hydrogens (tertiary/aromatic N) is 2. The molecule has 0 saturated heterocycles. The number of aromatic nitrogens is 2. The summed E-state index contributed by atoms with van der Waals surface area (Å²) in [6.45, 7) is 0. The maximum atomic E-state index is 10.0. The van der Waals surface area contributed by atoms with Gasteiger partial charge in [-0.25, -0.2) is 4.68 Å². The standard InChI is InChI=1S/C16H19ClN2O2/c1-19-16(21-15-5-3-2-4-14(15)20)10-13(18-19)11-6-8-12(17)9-7-11/h6-10,14-15,20H,2-5H2,1H3. The van der Waals surface area contributed by atoms with Crippen molar-refractivity contribution >= 4 is 11.6 Å². The first-order valence-corrected chi connectivity index (χ1v) is 7.66. The maximum absolute atomic E-state index is 10.0. The second-order valence-electron chi connectivity index (χ2n) is 5.51. The molecule has 1 N–H and O–H groups in total. The van der Waals surface area contributed by atoms with Crippen molar-refractivity contribution in [3.63, 3.8) is 0 Å². The van der Waals surface area contributed by atoms with Crippen LogP contribution in [0.2, 0.25) is 5.02 Å². The quantitative estimate of drug-likeness (QED) is 0.945. The zero-order valence-corrected chi connectivity index (χ0v) is 12.8. The molecule has 1 saturated carbocycles. The fourth-order valence-corrected chi connectivity index (χ4v) is 2.82. The Hall–Kier alpha value is -1.52. The summed E-state index contributed by atoms with van der Waals surface area (Å²) in [5.74, 6) is 0.686. The van der Waals surface area contributed by atoms with Crippen LogP contribution in [-0.2, 0) is 7.05 Å². The number of ether oxygens (including phenoxy) is 1. The number of hydrogen-bond acceptors (Lipinski definition) is 3. The second-order valence-corrected chi connectivity index (χ2v) is 5.94. The molecule has 2 atom stereocenters. The van der Waals surface area contributed by atoms with Crippen LogP contribution in [0.25, 0.3) is 11.3 Å². The second kappa shape index (κ2) is 6.08. The molecule has 1 aromatic heterocycles. The number of rotatable bonds is 3. The van der Waals surface area contributed by atoms with Gasteiger partial charge in [0.25, 0.3) is 0 Å². The predicted molar refractivity (Wildman–Crippen MR) is 82.5 cm³/mol. The summed E-state index contributed by atoms with van der Waals surface area (Å²) in [7, 11) is 1.85. The van der Waals surface area contributed by atoms with E-state index in [0.717, 1.165) is 36.9 Å². The summed E-state index contributed by atoms with van der Waals surface area (Å²) < 4.78 is 7.66. The van der Waals surface area contributed by atoms with Crippen LogP contribution in [0.5, 0.6) is 5.88 Å². The molecule has 0 aliphatic heterocycles. The summed E-state index contributed by atoms with van der Waals surface area (Å²) in [6, 6.07) is 9.46. The van der Waals surface area contributed by atoms with Gasteiger partial charge in [0.1, 0.15) is 6.10 Å². The summed E-state index contributed by atoms with van der Waals surface area (Å²) in [5, 5.41) is 15.2. The highest BCUT2D eigenvalue weighted by Gasteiger charge is 2.25. The van der Waals surface area contributed by atoms with Crippen LogP contribution in [-0.4, -0.2) is 27.1 Å². The van der Waals surface area contributed by atoms with E-state index in [9.17, 15) is 5.11 Å². The lowest BCUT2D eigenvalue weighted by Crippen LogP contribution is -2.35. The van der Waals surface area contributed by atoms with Gasteiger partial charge < -0.3 is 9.84 Å². The molecule has 21 heavy (non-hydrogen) atoms. The van der Waals surface area contributed by atoms with Gasteiger partial charge in [-0.15, -0.1) is 0 Å². The Balaban J connectivity index is 1.79. The molecule has 2 unspecified atom stereocenters. The summed E-state index contributed by atoms with van der Waals surface area (Å²) >= 11 is 5.90. The lowest BCUT2D eigenvalue weighted by molar-refractivity contribution is 0.00249. The zero-order valence-electron chi connectivity index (χ0n) is 12.0. The molecule has 1 aliphatic carbocycles. The molecule has 1 aliphatic rings. The topological polar surface area (TPSA) is 47.3 Å². The van der Waals surface area contributed by atoms with E-state index in [2.05, 4.69) is 5.10 Å². The smallest absolute Gasteiger partial charge is 0.212 e. The van der Waals surface area contributed by atoms with Gasteiger partial charge in [-0.05, 0) is 31.4 Å². The molecule has 112 valence electrons. The van der Waals surface area contributed by atoms with Crippen molar-refractivity contribution in [1.82, 2.24) is 9.78 Å². The van der Waals surface area contributed by atoms with Gasteiger partial charge >= 0.3 is 0 Å². The summed E-state index contributed by atoms with van der Waals surface area (Å²) in [5.41, 5.74) is 1.84. The molecule has 0 radical (unpaired) electrons. The van der Waals surface area contributed by atoms with E-state index in [1.165, 1.54) is 0 Å². The number of halogens is 1.